The fourth-order valence-electron chi connectivity index (χ4n) is 2.88. The number of rotatable bonds is 5. The van der Waals surface area contributed by atoms with Crippen LogP contribution in [0.5, 0.6) is 0 Å². The number of anilines is 1. The molecule has 0 saturated carbocycles. The molecule has 0 aliphatic rings. The Hall–Kier alpha value is -2.73. The Labute approximate surface area is 157 Å². The monoisotopic (exact) mass is 387 g/mol. The highest BCUT2D eigenvalue weighted by Gasteiger charge is 2.30. The van der Waals surface area contributed by atoms with E-state index >= 15 is 0 Å². The van der Waals surface area contributed by atoms with Crippen molar-refractivity contribution < 1.29 is 17.2 Å². The van der Waals surface area contributed by atoms with Crippen LogP contribution in [0.25, 0.3) is 0 Å². The van der Waals surface area contributed by atoms with Crippen molar-refractivity contribution in [2.45, 2.75) is 24.8 Å². The van der Waals surface area contributed by atoms with Crippen LogP contribution in [-0.4, -0.2) is 8.42 Å². The predicted molar refractivity (Wildman–Crippen MR) is 102 cm³/mol. The van der Waals surface area contributed by atoms with E-state index in [0.717, 1.165) is 22.0 Å². The molecule has 0 radical (unpaired) electrons. The number of nitrogens with zero attached hydrogens (tertiary/aromatic N) is 1. The summed E-state index contributed by atoms with van der Waals surface area (Å²) >= 11 is 0. The smallest absolute Gasteiger partial charge is 0.259 e. The Morgan fingerprint density at radius 2 is 1.52 bits per heavy atom. The van der Waals surface area contributed by atoms with E-state index in [2.05, 4.69) is 0 Å². The average Bonchev–Trinajstić information content (AvgIpc) is 2.65. The van der Waals surface area contributed by atoms with Crippen LogP contribution in [0.2, 0.25) is 0 Å². The van der Waals surface area contributed by atoms with Crippen LogP contribution >= 0.6 is 0 Å². The molecule has 3 aromatic rings. The molecular formula is C21H19F2NO2S. The number of hydrogen-bond donors (Lipinski definition) is 0. The Kier molecular flexibility index (Phi) is 5.28. The molecule has 3 nitrogen and oxygen atoms in total. The first-order valence-corrected chi connectivity index (χ1v) is 9.86. The summed E-state index contributed by atoms with van der Waals surface area (Å²) in [6.07, 6.45) is 0. The lowest BCUT2D eigenvalue weighted by molar-refractivity contribution is 0.581. The quantitative estimate of drug-likeness (QED) is 0.601. The van der Waals surface area contributed by atoms with E-state index in [1.54, 1.807) is 19.9 Å². The minimum atomic E-state index is -4.05. The van der Waals surface area contributed by atoms with Gasteiger partial charge in [-0.3, -0.25) is 4.31 Å². The van der Waals surface area contributed by atoms with Crippen LogP contribution in [0.4, 0.5) is 14.5 Å². The van der Waals surface area contributed by atoms with Crippen molar-refractivity contribution in [2.75, 3.05) is 4.31 Å². The molecule has 0 aromatic heterocycles. The molecule has 0 bridgehead atoms. The zero-order valence-corrected chi connectivity index (χ0v) is 15.7. The molecular weight excluding hydrogens is 368 g/mol. The summed E-state index contributed by atoms with van der Waals surface area (Å²) in [6, 6.07) is 17.4. The van der Waals surface area contributed by atoms with E-state index < -0.39 is 27.7 Å². The largest absolute Gasteiger partial charge is 0.264 e. The van der Waals surface area contributed by atoms with Crippen molar-refractivity contribution >= 4 is 15.7 Å². The van der Waals surface area contributed by atoms with E-state index in [9.17, 15) is 17.2 Å². The molecule has 0 unspecified atom stereocenters. The lowest BCUT2D eigenvalue weighted by Gasteiger charge is -2.31. The van der Waals surface area contributed by atoms with Gasteiger partial charge in [0.1, 0.15) is 11.6 Å². The molecule has 0 saturated heterocycles. The van der Waals surface area contributed by atoms with Gasteiger partial charge in [-0.05, 0) is 61.4 Å². The van der Waals surface area contributed by atoms with Gasteiger partial charge >= 0.3 is 0 Å². The van der Waals surface area contributed by atoms with Crippen molar-refractivity contribution in [3.63, 3.8) is 0 Å². The molecule has 140 valence electrons. The second-order valence-corrected chi connectivity index (χ2v) is 8.09. The molecule has 0 amide bonds. The third-order valence-corrected chi connectivity index (χ3v) is 6.33. The van der Waals surface area contributed by atoms with Gasteiger partial charge in [0.05, 0.1) is 16.6 Å². The molecule has 1 atom stereocenters. The highest BCUT2D eigenvalue weighted by atomic mass is 32.2. The molecule has 0 N–H and O–H groups in total. The fraction of sp³-hybridized carbons (Fsp3) is 0.143. The molecule has 0 aliphatic heterocycles. The first-order valence-electron chi connectivity index (χ1n) is 8.42. The Morgan fingerprint density at radius 1 is 0.889 bits per heavy atom. The summed E-state index contributed by atoms with van der Waals surface area (Å²) in [7, 11) is -4.05. The van der Waals surface area contributed by atoms with Crippen molar-refractivity contribution in [3.8, 4) is 0 Å². The second-order valence-electron chi connectivity index (χ2n) is 6.27. The average molecular weight is 387 g/mol. The predicted octanol–water partition coefficient (Wildman–Crippen LogP) is 5.23. The minimum absolute atomic E-state index is 0.0623. The third-order valence-electron chi connectivity index (χ3n) is 4.41. The minimum Gasteiger partial charge on any atom is -0.259 e. The summed E-state index contributed by atoms with van der Waals surface area (Å²) in [6.45, 7) is 3.34. The van der Waals surface area contributed by atoms with E-state index in [0.29, 0.717) is 5.56 Å². The van der Waals surface area contributed by atoms with Gasteiger partial charge < -0.3 is 0 Å². The molecule has 0 aliphatic carbocycles. The molecule has 3 aromatic carbocycles. The molecule has 0 heterocycles. The number of hydrogen-bond acceptors (Lipinski definition) is 2. The Bertz CT molecular complexity index is 1040. The number of aryl methyl sites for hydroxylation is 1. The van der Waals surface area contributed by atoms with Gasteiger partial charge in [-0.2, -0.15) is 0 Å². The molecule has 6 heteroatoms. The molecule has 0 spiro atoms. The first-order chi connectivity index (χ1) is 12.8. The number of sulfonamides is 1. The van der Waals surface area contributed by atoms with Gasteiger partial charge in [0.15, 0.2) is 0 Å². The lowest BCUT2D eigenvalue weighted by atomic mass is 10.1. The van der Waals surface area contributed by atoms with Gasteiger partial charge in [0.25, 0.3) is 10.0 Å². The Morgan fingerprint density at radius 3 is 2.11 bits per heavy atom. The fourth-order valence-corrected chi connectivity index (χ4v) is 4.51. The van der Waals surface area contributed by atoms with Crippen LogP contribution in [0, 0.1) is 18.6 Å². The summed E-state index contributed by atoms with van der Waals surface area (Å²) < 4.78 is 55.3. The van der Waals surface area contributed by atoms with Gasteiger partial charge in [0.2, 0.25) is 0 Å². The van der Waals surface area contributed by atoms with Crippen LogP contribution in [-0.2, 0) is 10.0 Å². The van der Waals surface area contributed by atoms with Crippen molar-refractivity contribution in [2.24, 2.45) is 0 Å². The van der Waals surface area contributed by atoms with Crippen LogP contribution in [0.1, 0.15) is 24.1 Å². The van der Waals surface area contributed by atoms with E-state index in [1.165, 1.54) is 24.3 Å². The van der Waals surface area contributed by atoms with Crippen molar-refractivity contribution in [1.29, 1.82) is 0 Å². The van der Waals surface area contributed by atoms with Crippen LogP contribution in [0.15, 0.2) is 77.7 Å². The zero-order chi connectivity index (χ0) is 19.6. The third kappa shape index (κ3) is 3.85. The maximum atomic E-state index is 14.2. The van der Waals surface area contributed by atoms with Crippen molar-refractivity contribution in [1.82, 2.24) is 0 Å². The highest BCUT2D eigenvalue weighted by molar-refractivity contribution is 7.92. The molecule has 0 fully saturated rings. The van der Waals surface area contributed by atoms with Gasteiger partial charge in [-0.25, -0.2) is 17.2 Å². The standard InChI is InChI=1S/C21H19F2NO2S/c1-15-8-11-19(14-21(15)23)24(16(2)17-6-4-3-5-7-17)27(25,26)20-12-9-18(22)10-13-20/h3-14,16H,1-2H3/t16-/m1/s1. The van der Waals surface area contributed by atoms with Crippen LogP contribution in [0.3, 0.4) is 0 Å². The second kappa shape index (κ2) is 7.48. The molecule has 27 heavy (non-hydrogen) atoms. The first kappa shape index (κ1) is 19.0. The summed E-state index contributed by atoms with van der Waals surface area (Å²) in [5.74, 6) is -1.02. The van der Waals surface area contributed by atoms with Gasteiger partial charge in [-0.1, -0.05) is 36.4 Å². The number of halogens is 2. The maximum absolute atomic E-state index is 14.2. The summed E-state index contributed by atoms with van der Waals surface area (Å²) in [4.78, 5) is -0.0623. The zero-order valence-electron chi connectivity index (χ0n) is 14.9. The van der Waals surface area contributed by atoms with Gasteiger partial charge in [0, 0.05) is 0 Å². The molecule has 3 rings (SSSR count). The normalized spacial score (nSPS) is 12.6. The van der Waals surface area contributed by atoms with Gasteiger partial charge in [-0.15, -0.1) is 0 Å². The van der Waals surface area contributed by atoms with Crippen molar-refractivity contribution in [3.05, 3.63) is 95.6 Å². The number of benzene rings is 3. The lowest BCUT2D eigenvalue weighted by Crippen LogP contribution is -2.33. The highest BCUT2D eigenvalue weighted by Crippen LogP contribution is 2.34. The SMILES string of the molecule is Cc1ccc(N([C@H](C)c2ccccc2)S(=O)(=O)c2ccc(F)cc2)cc1F. The van der Waals surface area contributed by atoms with E-state index in [-0.39, 0.29) is 10.6 Å². The topological polar surface area (TPSA) is 37.4 Å². The van der Waals surface area contributed by atoms with Crippen LogP contribution < -0.4 is 4.31 Å². The summed E-state index contributed by atoms with van der Waals surface area (Å²) in [5.41, 5.74) is 1.38. The Balaban J connectivity index is 2.17. The maximum Gasteiger partial charge on any atom is 0.264 e. The summed E-state index contributed by atoms with van der Waals surface area (Å²) in [5, 5.41) is 0. The van der Waals surface area contributed by atoms with E-state index in [1.807, 2.05) is 30.3 Å². The van der Waals surface area contributed by atoms with E-state index in [4.69, 9.17) is 0 Å².